The number of hydrogen-bond acceptors (Lipinski definition) is 2. The van der Waals surface area contributed by atoms with Crippen LogP contribution in [0.4, 0.5) is 0 Å². The molecule has 3 nitrogen and oxygen atoms in total. The van der Waals surface area contributed by atoms with Crippen molar-refractivity contribution in [2.75, 3.05) is 13.2 Å². The van der Waals surface area contributed by atoms with E-state index in [9.17, 15) is 0 Å². The van der Waals surface area contributed by atoms with E-state index in [1.54, 1.807) is 13.8 Å². The van der Waals surface area contributed by atoms with Gasteiger partial charge in [0.2, 0.25) is 0 Å². The Hall–Kier alpha value is -0.736. The van der Waals surface area contributed by atoms with Gasteiger partial charge < -0.3 is 15.2 Å². The minimum atomic E-state index is 0. The van der Waals surface area contributed by atoms with E-state index in [0.717, 1.165) is 0 Å². The molecule has 3 N–H and O–H groups in total. The topological polar surface area (TPSA) is 56.2 Å². The van der Waals surface area contributed by atoms with Crippen LogP contribution in [0.15, 0.2) is 36.4 Å². The summed E-state index contributed by atoms with van der Waals surface area (Å²) in [5, 5.41) is 15.1. The summed E-state index contributed by atoms with van der Waals surface area (Å²) in [6.07, 6.45) is 0. The SMILES string of the molecule is CC(C)(C)c1[c-]cc(C(C)(C)C)[nH]1.CCO.CCO.[Ti+2].c1cc[cH-]c1. The molecule has 0 atom stereocenters. The Labute approximate surface area is 170 Å². The van der Waals surface area contributed by atoms with Gasteiger partial charge in [-0.3, -0.25) is 0 Å². The fraction of sp³-hybridized carbons (Fsp3) is 0.571. The van der Waals surface area contributed by atoms with Gasteiger partial charge in [-0.15, -0.1) is 5.69 Å². The van der Waals surface area contributed by atoms with Crippen LogP contribution in [0.2, 0.25) is 0 Å². The number of H-pyrrole nitrogens is 1. The Balaban J connectivity index is -0.000000333. The van der Waals surface area contributed by atoms with Gasteiger partial charge in [0.1, 0.15) is 0 Å². The molecule has 0 aliphatic rings. The maximum absolute atomic E-state index is 7.57. The Morgan fingerprint density at radius 1 is 0.920 bits per heavy atom. The van der Waals surface area contributed by atoms with Gasteiger partial charge in [-0.2, -0.15) is 18.2 Å². The third kappa shape index (κ3) is 16.5. The minimum absolute atomic E-state index is 0. The van der Waals surface area contributed by atoms with Gasteiger partial charge in [0.05, 0.1) is 0 Å². The first-order valence-electron chi connectivity index (χ1n) is 8.54. The van der Waals surface area contributed by atoms with Crippen molar-refractivity contribution in [1.82, 2.24) is 4.98 Å². The number of hydrogen-bond donors (Lipinski definition) is 3. The van der Waals surface area contributed by atoms with E-state index in [-0.39, 0.29) is 45.8 Å². The van der Waals surface area contributed by atoms with Crippen molar-refractivity contribution in [3.63, 3.8) is 0 Å². The van der Waals surface area contributed by atoms with Gasteiger partial charge in [0, 0.05) is 13.2 Å². The number of aromatic nitrogens is 1. The predicted molar refractivity (Wildman–Crippen MR) is 105 cm³/mol. The fourth-order valence-electron chi connectivity index (χ4n) is 1.48. The second-order valence-corrected chi connectivity index (χ2v) is 7.30. The summed E-state index contributed by atoms with van der Waals surface area (Å²) in [6.45, 7) is 17.1. The first kappa shape index (κ1) is 29.0. The molecule has 1 aromatic heterocycles. The molecule has 1 heterocycles. The molecule has 0 unspecified atom stereocenters. The monoisotopic (exact) mass is 383 g/mol. The van der Waals surface area contributed by atoms with E-state index in [2.05, 4.69) is 58.7 Å². The smallest absolute Gasteiger partial charge is 0.454 e. The summed E-state index contributed by atoms with van der Waals surface area (Å²) in [5.41, 5.74) is 2.82. The van der Waals surface area contributed by atoms with Crippen molar-refractivity contribution in [2.24, 2.45) is 0 Å². The van der Waals surface area contributed by atoms with E-state index in [0.29, 0.717) is 0 Å². The van der Waals surface area contributed by atoms with Crippen molar-refractivity contribution in [1.29, 1.82) is 0 Å². The van der Waals surface area contributed by atoms with Crippen LogP contribution in [0, 0.1) is 6.07 Å². The molecule has 0 fully saturated rings. The number of aliphatic hydroxyl groups excluding tert-OH is 2. The Morgan fingerprint density at radius 3 is 1.48 bits per heavy atom. The number of nitrogens with one attached hydrogen (secondary N) is 1. The molecule has 25 heavy (non-hydrogen) atoms. The van der Waals surface area contributed by atoms with Crippen molar-refractivity contribution in [3.8, 4) is 0 Å². The van der Waals surface area contributed by atoms with Crippen LogP contribution in [0.1, 0.15) is 66.8 Å². The molecule has 142 valence electrons. The molecule has 0 saturated heterocycles. The molecule has 2 rings (SSSR count). The average Bonchev–Trinajstić information content (AvgIpc) is 3.14. The zero-order valence-corrected chi connectivity index (χ0v) is 18.8. The fourth-order valence-corrected chi connectivity index (χ4v) is 1.48. The normalized spacial score (nSPS) is 10.0. The first-order valence-corrected chi connectivity index (χ1v) is 8.54. The van der Waals surface area contributed by atoms with E-state index < -0.39 is 0 Å². The molecule has 1 aromatic carbocycles. The Bertz CT molecular complexity index is 429. The van der Waals surface area contributed by atoms with Gasteiger partial charge >= 0.3 is 21.7 Å². The maximum atomic E-state index is 7.57. The molecular weight excluding hydrogens is 346 g/mol. The van der Waals surface area contributed by atoms with Gasteiger partial charge in [0.15, 0.2) is 0 Å². The predicted octanol–water partition coefficient (Wildman–Crippen LogP) is 4.81. The van der Waals surface area contributed by atoms with Gasteiger partial charge in [-0.1, -0.05) is 52.7 Å². The van der Waals surface area contributed by atoms with E-state index in [4.69, 9.17) is 10.2 Å². The third-order valence-electron chi connectivity index (χ3n) is 2.73. The number of rotatable bonds is 0. The standard InChI is InChI=1S/C12H20N.C5H5.2C2H6O.Ti/c1-11(2,3)9-7-8-10(13-9)12(4,5)6;1-2-4-5-3-1;2*1-2-3;/h7,13H,1-6H3;1-5H;2*3H,2H2,1H3;/q2*-1;;;+2. The van der Waals surface area contributed by atoms with Gasteiger partial charge in [0.25, 0.3) is 0 Å². The van der Waals surface area contributed by atoms with Crippen molar-refractivity contribution in [3.05, 3.63) is 53.9 Å². The van der Waals surface area contributed by atoms with E-state index in [1.807, 2.05) is 30.3 Å². The molecule has 0 bridgehead atoms. The largest absolute Gasteiger partial charge is 2.00 e. The van der Waals surface area contributed by atoms with Crippen LogP contribution in [0.3, 0.4) is 0 Å². The zero-order valence-electron chi connectivity index (χ0n) is 17.3. The second-order valence-electron chi connectivity index (χ2n) is 7.30. The molecule has 0 aliphatic heterocycles. The van der Waals surface area contributed by atoms with E-state index in [1.165, 1.54) is 11.4 Å². The molecule has 0 saturated carbocycles. The van der Waals surface area contributed by atoms with Crippen LogP contribution in [0.25, 0.3) is 0 Å². The molecular formula is C21H37NO2Ti. The van der Waals surface area contributed by atoms with Crippen molar-refractivity contribution in [2.45, 2.75) is 66.2 Å². The van der Waals surface area contributed by atoms with Crippen LogP contribution >= 0.6 is 0 Å². The quantitative estimate of drug-likeness (QED) is 0.452. The molecule has 4 heteroatoms. The minimum Gasteiger partial charge on any atom is -0.454 e. The molecule has 0 aliphatic carbocycles. The average molecular weight is 383 g/mol. The van der Waals surface area contributed by atoms with Gasteiger partial charge in [-0.25, -0.2) is 24.3 Å². The van der Waals surface area contributed by atoms with Crippen LogP contribution < -0.4 is 0 Å². The molecule has 0 spiro atoms. The second kappa shape index (κ2) is 15.5. The summed E-state index contributed by atoms with van der Waals surface area (Å²) < 4.78 is 0. The molecule has 0 amide bonds. The summed E-state index contributed by atoms with van der Waals surface area (Å²) in [6, 6.07) is 15.4. The molecule has 0 radical (unpaired) electrons. The number of aliphatic hydroxyl groups is 2. The summed E-state index contributed by atoms with van der Waals surface area (Å²) in [7, 11) is 0. The molecule has 2 aromatic rings. The van der Waals surface area contributed by atoms with Crippen LogP contribution in [0.5, 0.6) is 0 Å². The first-order chi connectivity index (χ1) is 11.0. The van der Waals surface area contributed by atoms with Crippen LogP contribution in [-0.2, 0) is 32.5 Å². The maximum Gasteiger partial charge on any atom is 2.00 e. The third-order valence-corrected chi connectivity index (χ3v) is 2.73. The Morgan fingerprint density at radius 2 is 1.32 bits per heavy atom. The number of aromatic amines is 1. The zero-order chi connectivity index (χ0) is 19.2. The van der Waals surface area contributed by atoms with E-state index >= 15 is 0 Å². The Kier molecular flexibility index (Phi) is 18.0. The van der Waals surface area contributed by atoms with Gasteiger partial charge in [-0.05, 0) is 19.3 Å². The summed E-state index contributed by atoms with van der Waals surface area (Å²) in [5.74, 6) is 0. The van der Waals surface area contributed by atoms with Crippen LogP contribution in [-0.4, -0.2) is 28.4 Å². The summed E-state index contributed by atoms with van der Waals surface area (Å²) in [4.78, 5) is 3.44. The van der Waals surface area contributed by atoms with Crippen molar-refractivity contribution >= 4 is 0 Å². The van der Waals surface area contributed by atoms with Crippen molar-refractivity contribution < 1.29 is 31.9 Å². The summed E-state index contributed by atoms with van der Waals surface area (Å²) >= 11 is 0.